The third kappa shape index (κ3) is 1.71. The molecule has 0 aliphatic carbocycles. The minimum Gasteiger partial charge on any atom is -0.331 e. The second kappa shape index (κ2) is 3.45. The third-order valence-corrected chi connectivity index (χ3v) is 1.68. The van der Waals surface area contributed by atoms with Crippen LogP contribution in [0.4, 0.5) is 20.4 Å². The predicted molar refractivity (Wildman–Crippen MR) is 48.2 cm³/mol. The first-order valence-electron chi connectivity index (χ1n) is 3.97. The lowest BCUT2D eigenvalue weighted by atomic mass is 10.3. The van der Waals surface area contributed by atoms with Gasteiger partial charge in [-0.25, -0.2) is 13.8 Å². The van der Waals surface area contributed by atoms with Crippen molar-refractivity contribution in [1.29, 1.82) is 0 Å². The Bertz CT molecular complexity index is 426. The minimum atomic E-state index is -0.525. The Morgan fingerprint density at radius 2 is 2.14 bits per heavy atom. The van der Waals surface area contributed by atoms with E-state index < -0.39 is 11.6 Å². The van der Waals surface area contributed by atoms with Crippen LogP contribution in [-0.2, 0) is 0 Å². The molecule has 1 heterocycles. The van der Waals surface area contributed by atoms with Gasteiger partial charge in [0.15, 0.2) is 0 Å². The van der Waals surface area contributed by atoms with Crippen LogP contribution in [0.2, 0.25) is 0 Å². The second-order valence-corrected chi connectivity index (χ2v) is 2.69. The van der Waals surface area contributed by atoms with Crippen LogP contribution in [0.15, 0.2) is 30.6 Å². The predicted octanol–water partition coefficient (Wildman–Crippen LogP) is 2.43. The van der Waals surface area contributed by atoms with E-state index in [0.717, 1.165) is 18.2 Å². The fourth-order valence-corrected chi connectivity index (χ4v) is 1.05. The highest BCUT2D eigenvalue weighted by atomic mass is 19.1. The molecule has 0 aliphatic rings. The summed E-state index contributed by atoms with van der Waals surface area (Å²) in [6, 6.07) is 3.18. The average Bonchev–Trinajstić information content (AvgIpc) is 2.64. The molecule has 3 nitrogen and oxygen atoms in total. The molecule has 0 atom stereocenters. The molecule has 0 unspecified atom stereocenters. The number of halogens is 2. The summed E-state index contributed by atoms with van der Waals surface area (Å²) in [6.45, 7) is 0. The second-order valence-electron chi connectivity index (χ2n) is 2.69. The van der Waals surface area contributed by atoms with Gasteiger partial charge in [0.2, 0.25) is 5.95 Å². The highest BCUT2D eigenvalue weighted by Crippen LogP contribution is 2.18. The number of aromatic nitrogens is 2. The van der Waals surface area contributed by atoms with E-state index in [1.54, 1.807) is 6.20 Å². The molecule has 5 heteroatoms. The number of H-pyrrole nitrogens is 1. The van der Waals surface area contributed by atoms with E-state index in [-0.39, 0.29) is 5.69 Å². The van der Waals surface area contributed by atoms with Crippen LogP contribution >= 0.6 is 0 Å². The zero-order chi connectivity index (χ0) is 9.97. The third-order valence-electron chi connectivity index (χ3n) is 1.68. The fraction of sp³-hybridized carbons (Fsp3) is 0. The van der Waals surface area contributed by atoms with E-state index in [2.05, 4.69) is 15.3 Å². The molecule has 1 aromatic heterocycles. The Hall–Kier alpha value is -1.91. The van der Waals surface area contributed by atoms with Gasteiger partial charge in [-0.2, -0.15) is 0 Å². The van der Waals surface area contributed by atoms with Gasteiger partial charge in [-0.3, -0.25) is 0 Å². The van der Waals surface area contributed by atoms with Crippen LogP contribution in [0.5, 0.6) is 0 Å². The maximum absolute atomic E-state index is 13.1. The molecule has 0 spiro atoms. The number of hydrogen-bond acceptors (Lipinski definition) is 2. The smallest absolute Gasteiger partial charge is 0.204 e. The van der Waals surface area contributed by atoms with Crippen molar-refractivity contribution in [3.05, 3.63) is 42.2 Å². The molecule has 0 bridgehead atoms. The van der Waals surface area contributed by atoms with E-state index in [9.17, 15) is 8.78 Å². The molecule has 1 aromatic carbocycles. The van der Waals surface area contributed by atoms with Gasteiger partial charge in [-0.1, -0.05) is 0 Å². The zero-order valence-electron chi connectivity index (χ0n) is 7.09. The van der Waals surface area contributed by atoms with E-state index in [0.29, 0.717) is 5.95 Å². The number of anilines is 2. The first-order chi connectivity index (χ1) is 6.75. The molecular formula is C9H7F2N3. The first-order valence-corrected chi connectivity index (χ1v) is 3.97. The lowest BCUT2D eigenvalue weighted by molar-refractivity contribution is 0.603. The quantitative estimate of drug-likeness (QED) is 0.772. The molecule has 0 radical (unpaired) electrons. The maximum Gasteiger partial charge on any atom is 0.204 e. The number of aromatic amines is 1. The summed E-state index contributed by atoms with van der Waals surface area (Å²) in [5.74, 6) is -0.655. The van der Waals surface area contributed by atoms with Crippen molar-refractivity contribution in [2.75, 3.05) is 5.32 Å². The van der Waals surface area contributed by atoms with Crippen molar-refractivity contribution in [2.45, 2.75) is 0 Å². The van der Waals surface area contributed by atoms with Crippen LogP contribution in [0.25, 0.3) is 0 Å². The van der Waals surface area contributed by atoms with E-state index >= 15 is 0 Å². The van der Waals surface area contributed by atoms with E-state index in [1.165, 1.54) is 6.20 Å². The van der Waals surface area contributed by atoms with Crippen LogP contribution in [-0.4, -0.2) is 9.97 Å². The van der Waals surface area contributed by atoms with Gasteiger partial charge in [0, 0.05) is 18.5 Å². The molecule has 2 N–H and O–H groups in total. The average molecular weight is 195 g/mol. The van der Waals surface area contributed by atoms with Crippen molar-refractivity contribution in [2.24, 2.45) is 0 Å². The molecule has 0 amide bonds. The van der Waals surface area contributed by atoms with Crippen molar-refractivity contribution in [1.82, 2.24) is 9.97 Å². The fourth-order valence-electron chi connectivity index (χ4n) is 1.05. The molecule has 14 heavy (non-hydrogen) atoms. The topological polar surface area (TPSA) is 40.7 Å². The molecule has 2 aromatic rings. The molecule has 72 valence electrons. The van der Waals surface area contributed by atoms with Gasteiger partial charge in [-0.15, -0.1) is 0 Å². The van der Waals surface area contributed by atoms with Gasteiger partial charge in [-0.05, 0) is 12.1 Å². The van der Waals surface area contributed by atoms with Crippen LogP contribution < -0.4 is 5.32 Å². The Morgan fingerprint density at radius 1 is 1.29 bits per heavy atom. The van der Waals surface area contributed by atoms with Crippen LogP contribution in [0.3, 0.4) is 0 Å². The highest BCUT2D eigenvalue weighted by molar-refractivity contribution is 5.53. The van der Waals surface area contributed by atoms with Crippen molar-refractivity contribution in [3.8, 4) is 0 Å². The van der Waals surface area contributed by atoms with Crippen molar-refractivity contribution >= 4 is 11.6 Å². The SMILES string of the molecule is Fc1ccc(F)c(Nc2ncc[nH]2)c1. The van der Waals surface area contributed by atoms with E-state index in [4.69, 9.17) is 0 Å². The summed E-state index contributed by atoms with van der Waals surface area (Å²) in [6.07, 6.45) is 3.10. The number of benzene rings is 1. The Balaban J connectivity index is 2.28. The lowest BCUT2D eigenvalue weighted by Crippen LogP contribution is -1.95. The first kappa shape index (κ1) is 8.68. The number of nitrogens with one attached hydrogen (secondary N) is 2. The van der Waals surface area contributed by atoms with E-state index in [1.807, 2.05) is 0 Å². The Morgan fingerprint density at radius 3 is 2.86 bits per heavy atom. The van der Waals surface area contributed by atoms with Crippen molar-refractivity contribution in [3.63, 3.8) is 0 Å². The minimum absolute atomic E-state index is 0.0555. The molecular weight excluding hydrogens is 188 g/mol. The van der Waals surface area contributed by atoms with Gasteiger partial charge >= 0.3 is 0 Å². The summed E-state index contributed by atoms with van der Waals surface area (Å²) < 4.78 is 25.8. The van der Waals surface area contributed by atoms with Crippen molar-refractivity contribution < 1.29 is 8.78 Å². The number of hydrogen-bond donors (Lipinski definition) is 2. The number of rotatable bonds is 2. The molecule has 0 fully saturated rings. The van der Waals surface area contributed by atoms with Crippen LogP contribution in [0.1, 0.15) is 0 Å². The Labute approximate surface area is 78.8 Å². The largest absolute Gasteiger partial charge is 0.331 e. The molecule has 0 saturated carbocycles. The monoisotopic (exact) mass is 195 g/mol. The summed E-state index contributed by atoms with van der Waals surface area (Å²) in [4.78, 5) is 6.55. The Kier molecular flexibility index (Phi) is 2.14. The molecule has 0 aliphatic heterocycles. The van der Waals surface area contributed by atoms with Gasteiger partial charge < -0.3 is 10.3 Å². The van der Waals surface area contributed by atoms with Gasteiger partial charge in [0.25, 0.3) is 0 Å². The maximum atomic E-state index is 13.1. The summed E-state index contributed by atoms with van der Waals surface area (Å²) in [7, 11) is 0. The zero-order valence-corrected chi connectivity index (χ0v) is 7.09. The summed E-state index contributed by atoms with van der Waals surface area (Å²) in [5.41, 5.74) is 0.0555. The van der Waals surface area contributed by atoms with Gasteiger partial charge in [0.1, 0.15) is 11.6 Å². The standard InChI is InChI=1S/C9H7F2N3/c10-6-1-2-7(11)8(5-6)14-9-12-3-4-13-9/h1-5H,(H2,12,13,14). The normalized spacial score (nSPS) is 10.1. The highest BCUT2D eigenvalue weighted by Gasteiger charge is 2.04. The summed E-state index contributed by atoms with van der Waals surface area (Å²) in [5, 5.41) is 2.61. The number of imidazole rings is 1. The summed E-state index contributed by atoms with van der Waals surface area (Å²) >= 11 is 0. The van der Waals surface area contributed by atoms with Gasteiger partial charge in [0.05, 0.1) is 5.69 Å². The molecule has 2 rings (SSSR count). The van der Waals surface area contributed by atoms with Crippen LogP contribution in [0, 0.1) is 11.6 Å². The number of nitrogens with zero attached hydrogens (tertiary/aromatic N) is 1. The lowest BCUT2D eigenvalue weighted by Gasteiger charge is -2.03. The molecule has 0 saturated heterocycles.